The number of methoxy groups -OCH3 is 2. The van der Waals surface area contributed by atoms with Gasteiger partial charge in [-0.25, -0.2) is 0 Å². The predicted molar refractivity (Wildman–Crippen MR) is 116 cm³/mol. The van der Waals surface area contributed by atoms with Gasteiger partial charge in [0.25, 0.3) is 11.8 Å². The van der Waals surface area contributed by atoms with Crippen LogP contribution in [-0.2, 0) is 4.79 Å². The second-order valence-corrected chi connectivity index (χ2v) is 7.20. The maximum Gasteiger partial charge on any atom is 0.270 e. The molecule has 158 valence electrons. The zero-order chi connectivity index (χ0) is 21.3. The number of carbonyl (C=O) groups excluding carboxylic acids is 2. The van der Waals surface area contributed by atoms with E-state index < -0.39 is 0 Å². The lowest BCUT2D eigenvalue weighted by molar-refractivity contribution is -0.127. The van der Waals surface area contributed by atoms with Crippen LogP contribution in [0.1, 0.15) is 41.6 Å². The number of nitrogens with zero attached hydrogens (tertiary/aromatic N) is 1. The highest BCUT2D eigenvalue weighted by Crippen LogP contribution is 2.28. The Kier molecular flexibility index (Phi) is 7.49. The van der Waals surface area contributed by atoms with Crippen LogP contribution in [0, 0.1) is 0 Å². The van der Waals surface area contributed by atoms with Crippen LogP contribution < -0.4 is 14.8 Å². The Bertz CT molecular complexity index is 901. The maximum absolute atomic E-state index is 13.3. The molecule has 0 unspecified atom stereocenters. The molecule has 1 heterocycles. The van der Waals surface area contributed by atoms with Gasteiger partial charge in [0, 0.05) is 18.7 Å². The van der Waals surface area contributed by atoms with E-state index in [1.165, 1.54) is 0 Å². The van der Waals surface area contributed by atoms with E-state index in [9.17, 15) is 9.59 Å². The van der Waals surface area contributed by atoms with Crippen LogP contribution in [-0.4, -0.2) is 44.0 Å². The van der Waals surface area contributed by atoms with Gasteiger partial charge in [-0.1, -0.05) is 37.1 Å². The van der Waals surface area contributed by atoms with Crippen molar-refractivity contribution in [3.8, 4) is 11.5 Å². The van der Waals surface area contributed by atoms with Crippen molar-refractivity contribution in [2.45, 2.75) is 25.7 Å². The first-order valence-corrected chi connectivity index (χ1v) is 10.2. The van der Waals surface area contributed by atoms with Gasteiger partial charge in [0.2, 0.25) is 0 Å². The number of hydrogen-bond acceptors (Lipinski definition) is 4. The number of hydrogen-bond donors (Lipinski definition) is 1. The van der Waals surface area contributed by atoms with E-state index in [0.717, 1.165) is 31.2 Å². The van der Waals surface area contributed by atoms with Crippen molar-refractivity contribution in [3.63, 3.8) is 0 Å². The summed E-state index contributed by atoms with van der Waals surface area (Å²) in [4.78, 5) is 27.9. The Labute approximate surface area is 177 Å². The van der Waals surface area contributed by atoms with Crippen LogP contribution in [0.15, 0.2) is 54.2 Å². The lowest BCUT2D eigenvalue weighted by Gasteiger charge is -2.22. The summed E-state index contributed by atoms with van der Waals surface area (Å²) in [7, 11) is 3.13. The van der Waals surface area contributed by atoms with E-state index in [0.29, 0.717) is 30.2 Å². The topological polar surface area (TPSA) is 67.9 Å². The number of benzene rings is 2. The molecular weight excluding hydrogens is 380 g/mol. The zero-order valence-electron chi connectivity index (χ0n) is 17.5. The highest BCUT2D eigenvalue weighted by Gasteiger charge is 2.22. The molecule has 1 aliphatic heterocycles. The van der Waals surface area contributed by atoms with Crippen molar-refractivity contribution in [2.75, 3.05) is 27.3 Å². The van der Waals surface area contributed by atoms with Crippen molar-refractivity contribution >= 4 is 17.9 Å². The molecule has 0 atom stereocenters. The molecule has 1 aliphatic rings. The van der Waals surface area contributed by atoms with E-state index >= 15 is 0 Å². The van der Waals surface area contributed by atoms with Gasteiger partial charge >= 0.3 is 0 Å². The minimum Gasteiger partial charge on any atom is -0.493 e. The van der Waals surface area contributed by atoms with Crippen LogP contribution in [0.3, 0.4) is 0 Å². The third-order valence-corrected chi connectivity index (χ3v) is 5.13. The van der Waals surface area contributed by atoms with Gasteiger partial charge in [0.1, 0.15) is 5.70 Å². The highest BCUT2D eigenvalue weighted by molar-refractivity contribution is 6.05. The van der Waals surface area contributed by atoms with Crippen molar-refractivity contribution in [1.29, 1.82) is 0 Å². The third kappa shape index (κ3) is 5.41. The standard InChI is InChI=1S/C24H28N2O4/c1-29-21-13-12-18(17-22(21)30-2)16-20(24(28)26-14-8-3-4-9-15-26)25-23(27)19-10-6-5-7-11-19/h5-7,10-13,16-17H,3-4,8-9,14-15H2,1-2H3,(H,25,27)/b20-16-. The Morgan fingerprint density at radius 3 is 2.20 bits per heavy atom. The normalized spacial score (nSPS) is 14.6. The van der Waals surface area contributed by atoms with Crippen LogP contribution in [0.4, 0.5) is 0 Å². The van der Waals surface area contributed by atoms with Gasteiger partial charge in [0.15, 0.2) is 11.5 Å². The van der Waals surface area contributed by atoms with E-state index in [2.05, 4.69) is 5.32 Å². The zero-order valence-corrected chi connectivity index (χ0v) is 17.5. The summed E-state index contributed by atoms with van der Waals surface area (Å²) in [5.41, 5.74) is 1.48. The van der Waals surface area contributed by atoms with Crippen molar-refractivity contribution in [3.05, 3.63) is 65.4 Å². The number of likely N-dealkylation sites (tertiary alicyclic amines) is 1. The second kappa shape index (κ2) is 10.5. The minimum atomic E-state index is -0.314. The highest BCUT2D eigenvalue weighted by atomic mass is 16.5. The first kappa shape index (κ1) is 21.4. The van der Waals surface area contributed by atoms with Crippen molar-refractivity contribution < 1.29 is 19.1 Å². The fraction of sp³-hybridized carbons (Fsp3) is 0.333. The summed E-state index contributed by atoms with van der Waals surface area (Å²) >= 11 is 0. The molecule has 1 fully saturated rings. The predicted octanol–water partition coefficient (Wildman–Crippen LogP) is 3.88. The molecule has 0 saturated carbocycles. The SMILES string of the molecule is COc1ccc(/C=C(\NC(=O)c2ccccc2)C(=O)N2CCCCCC2)cc1OC. The summed E-state index contributed by atoms with van der Waals surface area (Å²) in [6.45, 7) is 1.40. The summed E-state index contributed by atoms with van der Waals surface area (Å²) in [6, 6.07) is 14.3. The molecule has 6 nitrogen and oxygen atoms in total. The van der Waals surface area contributed by atoms with Gasteiger partial charge in [-0.15, -0.1) is 0 Å². The van der Waals surface area contributed by atoms with E-state index in [1.807, 2.05) is 17.0 Å². The largest absolute Gasteiger partial charge is 0.493 e. The number of nitrogens with one attached hydrogen (secondary N) is 1. The van der Waals surface area contributed by atoms with Gasteiger partial charge in [0.05, 0.1) is 14.2 Å². The van der Waals surface area contributed by atoms with Gasteiger partial charge in [-0.3, -0.25) is 9.59 Å². The smallest absolute Gasteiger partial charge is 0.270 e. The molecule has 30 heavy (non-hydrogen) atoms. The van der Waals surface area contributed by atoms with E-state index in [4.69, 9.17) is 9.47 Å². The molecule has 0 aliphatic carbocycles. The molecule has 0 bridgehead atoms. The summed E-state index contributed by atoms with van der Waals surface area (Å²) in [5.74, 6) is 0.673. The Hall–Kier alpha value is -3.28. The Morgan fingerprint density at radius 2 is 1.57 bits per heavy atom. The molecular formula is C24H28N2O4. The number of carbonyl (C=O) groups is 2. The van der Waals surface area contributed by atoms with E-state index in [-0.39, 0.29) is 17.5 Å². The summed E-state index contributed by atoms with van der Waals surface area (Å²) in [5, 5.41) is 2.82. The molecule has 1 saturated heterocycles. The van der Waals surface area contributed by atoms with Crippen molar-refractivity contribution in [2.24, 2.45) is 0 Å². The molecule has 2 amide bonds. The average molecular weight is 408 g/mol. The lowest BCUT2D eigenvalue weighted by atomic mass is 10.1. The van der Waals surface area contributed by atoms with E-state index in [1.54, 1.807) is 56.7 Å². The summed E-state index contributed by atoms with van der Waals surface area (Å²) in [6.07, 6.45) is 5.88. The first-order valence-electron chi connectivity index (χ1n) is 10.2. The molecule has 2 aromatic carbocycles. The van der Waals surface area contributed by atoms with Crippen LogP contribution in [0.2, 0.25) is 0 Å². The third-order valence-electron chi connectivity index (χ3n) is 5.13. The number of ether oxygens (including phenoxy) is 2. The molecule has 2 aromatic rings. The fourth-order valence-corrected chi connectivity index (χ4v) is 3.49. The molecule has 1 N–H and O–H groups in total. The lowest BCUT2D eigenvalue weighted by Crippen LogP contribution is -2.39. The summed E-state index contributed by atoms with van der Waals surface area (Å²) < 4.78 is 10.6. The Morgan fingerprint density at radius 1 is 0.900 bits per heavy atom. The molecule has 6 heteroatoms. The second-order valence-electron chi connectivity index (χ2n) is 7.20. The average Bonchev–Trinajstić information content (AvgIpc) is 3.08. The first-order chi connectivity index (χ1) is 14.6. The number of amides is 2. The van der Waals surface area contributed by atoms with Crippen LogP contribution in [0.25, 0.3) is 6.08 Å². The van der Waals surface area contributed by atoms with Gasteiger partial charge in [-0.05, 0) is 48.7 Å². The van der Waals surface area contributed by atoms with Gasteiger partial charge < -0.3 is 19.7 Å². The van der Waals surface area contributed by atoms with Crippen LogP contribution >= 0.6 is 0 Å². The van der Waals surface area contributed by atoms with Crippen LogP contribution in [0.5, 0.6) is 11.5 Å². The molecule has 3 rings (SSSR count). The monoisotopic (exact) mass is 408 g/mol. The molecule has 0 radical (unpaired) electrons. The molecule has 0 spiro atoms. The fourth-order valence-electron chi connectivity index (χ4n) is 3.49. The Balaban J connectivity index is 1.92. The molecule has 0 aromatic heterocycles. The van der Waals surface area contributed by atoms with Gasteiger partial charge in [-0.2, -0.15) is 0 Å². The maximum atomic E-state index is 13.3. The number of rotatable bonds is 6. The van der Waals surface area contributed by atoms with Crippen molar-refractivity contribution in [1.82, 2.24) is 10.2 Å². The minimum absolute atomic E-state index is 0.170. The quantitative estimate of drug-likeness (QED) is 0.737.